The Balaban J connectivity index is 1.26. The monoisotopic (exact) mass is 373 g/mol. The Morgan fingerprint density at radius 3 is 3.04 bits per heavy atom. The van der Waals surface area contributed by atoms with Gasteiger partial charge < -0.3 is 15.2 Å². The number of carbonyl (C=O) groups excluding carboxylic acids is 1. The molecular formula is C18H20FN5OS. The molecule has 1 aliphatic rings. The summed E-state index contributed by atoms with van der Waals surface area (Å²) in [6, 6.07) is 6.63. The van der Waals surface area contributed by atoms with Crippen molar-refractivity contribution in [3.8, 4) is 0 Å². The molecule has 2 N–H and O–H groups in total. The highest BCUT2D eigenvalue weighted by molar-refractivity contribution is 7.15. The Morgan fingerprint density at radius 2 is 2.23 bits per heavy atom. The predicted molar refractivity (Wildman–Crippen MR) is 99.7 cm³/mol. The molecule has 0 unspecified atom stereocenters. The van der Waals surface area contributed by atoms with Crippen molar-refractivity contribution in [1.82, 2.24) is 20.1 Å². The number of halogens is 1. The van der Waals surface area contributed by atoms with Crippen molar-refractivity contribution in [1.29, 1.82) is 0 Å². The number of amides is 1. The van der Waals surface area contributed by atoms with Crippen LogP contribution in [0.15, 0.2) is 24.3 Å². The Kier molecular flexibility index (Phi) is 4.69. The number of rotatable bonds is 7. The lowest BCUT2D eigenvalue weighted by molar-refractivity contribution is -0.116. The summed E-state index contributed by atoms with van der Waals surface area (Å²) < 4.78 is 13.3. The summed E-state index contributed by atoms with van der Waals surface area (Å²) in [5, 5.41) is 13.4. The summed E-state index contributed by atoms with van der Waals surface area (Å²) in [5.74, 6) is 0.248. The van der Waals surface area contributed by atoms with Crippen molar-refractivity contribution in [2.75, 3.05) is 18.9 Å². The zero-order chi connectivity index (χ0) is 18.1. The van der Waals surface area contributed by atoms with Gasteiger partial charge in [-0.2, -0.15) is 0 Å². The van der Waals surface area contributed by atoms with Crippen LogP contribution in [-0.2, 0) is 11.3 Å². The summed E-state index contributed by atoms with van der Waals surface area (Å²) in [6.45, 7) is 1.28. The zero-order valence-corrected chi connectivity index (χ0v) is 15.3. The van der Waals surface area contributed by atoms with Crippen LogP contribution in [0.25, 0.3) is 10.9 Å². The maximum atomic E-state index is 13.3. The Morgan fingerprint density at radius 1 is 1.38 bits per heavy atom. The third-order valence-corrected chi connectivity index (χ3v) is 5.41. The van der Waals surface area contributed by atoms with Crippen LogP contribution in [0.3, 0.4) is 0 Å². The van der Waals surface area contributed by atoms with E-state index in [9.17, 15) is 9.18 Å². The SMILES string of the molecule is CN(CCC(=O)Nc1nnc(C2CC2)s1)Cc1cc2cc(F)ccc2[nH]1. The van der Waals surface area contributed by atoms with Crippen LogP contribution in [0, 0.1) is 5.82 Å². The first kappa shape index (κ1) is 17.1. The topological polar surface area (TPSA) is 73.9 Å². The normalized spacial score (nSPS) is 14.3. The molecule has 1 aromatic carbocycles. The van der Waals surface area contributed by atoms with Crippen LogP contribution in [0.1, 0.15) is 35.9 Å². The lowest BCUT2D eigenvalue weighted by Gasteiger charge is -2.14. The van der Waals surface area contributed by atoms with Crippen LogP contribution in [0.5, 0.6) is 0 Å². The van der Waals surface area contributed by atoms with Gasteiger partial charge in [0.15, 0.2) is 0 Å². The molecule has 136 valence electrons. The van der Waals surface area contributed by atoms with E-state index in [0.29, 0.717) is 30.6 Å². The number of aromatic amines is 1. The van der Waals surface area contributed by atoms with Crippen LogP contribution in [0.2, 0.25) is 0 Å². The number of hydrogen-bond donors (Lipinski definition) is 2. The number of hydrogen-bond acceptors (Lipinski definition) is 5. The largest absolute Gasteiger partial charge is 0.357 e. The van der Waals surface area contributed by atoms with E-state index in [1.165, 1.54) is 36.3 Å². The minimum Gasteiger partial charge on any atom is -0.357 e. The third-order valence-electron chi connectivity index (χ3n) is 4.41. The third kappa shape index (κ3) is 4.08. The average Bonchev–Trinajstić information content (AvgIpc) is 3.22. The molecule has 0 aliphatic heterocycles. The van der Waals surface area contributed by atoms with Gasteiger partial charge in [-0.15, -0.1) is 10.2 Å². The molecule has 2 aromatic heterocycles. The lowest BCUT2D eigenvalue weighted by atomic mass is 10.2. The van der Waals surface area contributed by atoms with E-state index in [1.807, 2.05) is 13.1 Å². The molecular weight excluding hydrogens is 353 g/mol. The minimum atomic E-state index is -0.241. The maximum Gasteiger partial charge on any atom is 0.227 e. The summed E-state index contributed by atoms with van der Waals surface area (Å²) in [6.07, 6.45) is 2.73. The van der Waals surface area contributed by atoms with E-state index in [-0.39, 0.29) is 11.7 Å². The first-order valence-electron chi connectivity index (χ1n) is 8.66. The highest BCUT2D eigenvalue weighted by atomic mass is 32.1. The minimum absolute atomic E-state index is 0.0611. The fraction of sp³-hybridized carbons (Fsp3) is 0.389. The number of fused-ring (bicyclic) bond motifs is 1. The zero-order valence-electron chi connectivity index (χ0n) is 14.5. The van der Waals surface area contributed by atoms with Gasteiger partial charge in [0.25, 0.3) is 0 Å². The number of aromatic nitrogens is 3. The lowest BCUT2D eigenvalue weighted by Crippen LogP contribution is -2.24. The van der Waals surface area contributed by atoms with Crippen molar-refractivity contribution in [3.05, 3.63) is 40.8 Å². The van der Waals surface area contributed by atoms with Gasteiger partial charge >= 0.3 is 0 Å². The number of H-pyrrole nitrogens is 1. The Hall–Kier alpha value is -2.32. The number of nitrogens with zero attached hydrogens (tertiary/aromatic N) is 3. The smallest absolute Gasteiger partial charge is 0.227 e. The highest BCUT2D eigenvalue weighted by Crippen LogP contribution is 2.42. The molecule has 1 saturated carbocycles. The number of anilines is 1. The molecule has 3 aromatic rings. The van der Waals surface area contributed by atoms with Gasteiger partial charge in [0.05, 0.1) is 0 Å². The van der Waals surface area contributed by atoms with Crippen molar-refractivity contribution in [2.45, 2.75) is 31.7 Å². The van der Waals surface area contributed by atoms with E-state index in [0.717, 1.165) is 21.6 Å². The predicted octanol–water partition coefficient (Wildman–Crippen LogP) is 3.50. The van der Waals surface area contributed by atoms with Gasteiger partial charge in [-0.25, -0.2) is 4.39 Å². The van der Waals surface area contributed by atoms with Gasteiger partial charge in [0.1, 0.15) is 10.8 Å². The van der Waals surface area contributed by atoms with Gasteiger partial charge in [-0.05, 0) is 44.2 Å². The molecule has 26 heavy (non-hydrogen) atoms. The van der Waals surface area contributed by atoms with Crippen molar-refractivity contribution >= 4 is 33.3 Å². The molecule has 0 spiro atoms. The maximum absolute atomic E-state index is 13.3. The van der Waals surface area contributed by atoms with Crippen molar-refractivity contribution in [3.63, 3.8) is 0 Å². The molecule has 0 radical (unpaired) electrons. The number of carbonyl (C=O) groups is 1. The van der Waals surface area contributed by atoms with E-state index in [4.69, 9.17) is 0 Å². The van der Waals surface area contributed by atoms with E-state index >= 15 is 0 Å². The second-order valence-corrected chi connectivity index (χ2v) is 7.79. The standard InChI is InChI=1S/C18H20FN5OS/c1-24(10-14-9-12-8-13(19)4-5-15(12)20-14)7-6-16(25)21-18-23-22-17(26-18)11-2-3-11/h4-5,8-9,11,20H,2-3,6-7,10H2,1H3,(H,21,23,25). The van der Waals surface area contributed by atoms with Crippen LogP contribution < -0.4 is 5.32 Å². The highest BCUT2D eigenvalue weighted by Gasteiger charge is 2.27. The number of benzene rings is 1. The van der Waals surface area contributed by atoms with Gasteiger partial charge in [0.2, 0.25) is 11.0 Å². The molecule has 0 saturated heterocycles. The van der Waals surface area contributed by atoms with Gasteiger partial charge in [-0.1, -0.05) is 11.3 Å². The quantitative estimate of drug-likeness (QED) is 0.665. The van der Waals surface area contributed by atoms with Crippen molar-refractivity contribution < 1.29 is 9.18 Å². The molecule has 2 heterocycles. The van der Waals surface area contributed by atoms with Crippen molar-refractivity contribution in [2.24, 2.45) is 0 Å². The fourth-order valence-corrected chi connectivity index (χ4v) is 3.80. The molecule has 1 amide bonds. The summed E-state index contributed by atoms with van der Waals surface area (Å²) in [7, 11) is 1.95. The first-order chi connectivity index (χ1) is 12.6. The second-order valence-electron chi connectivity index (χ2n) is 6.78. The molecule has 6 nitrogen and oxygen atoms in total. The molecule has 0 atom stereocenters. The van der Waals surface area contributed by atoms with Crippen LogP contribution >= 0.6 is 11.3 Å². The van der Waals surface area contributed by atoms with E-state index in [2.05, 4.69) is 25.4 Å². The van der Waals surface area contributed by atoms with E-state index in [1.54, 1.807) is 6.07 Å². The molecule has 1 aliphatic carbocycles. The summed E-state index contributed by atoms with van der Waals surface area (Å²) in [5.41, 5.74) is 1.90. The van der Waals surface area contributed by atoms with Crippen LogP contribution in [-0.4, -0.2) is 39.6 Å². The second kappa shape index (κ2) is 7.13. The van der Waals surface area contributed by atoms with Crippen LogP contribution in [0.4, 0.5) is 9.52 Å². The Bertz CT molecular complexity index is 933. The summed E-state index contributed by atoms with van der Waals surface area (Å²) in [4.78, 5) is 17.4. The number of nitrogens with one attached hydrogen (secondary N) is 2. The fourth-order valence-electron chi connectivity index (χ4n) is 2.87. The molecule has 8 heteroatoms. The van der Waals surface area contributed by atoms with Gasteiger partial charge in [-0.3, -0.25) is 4.79 Å². The first-order valence-corrected chi connectivity index (χ1v) is 9.47. The Labute approximate surface area is 154 Å². The average molecular weight is 373 g/mol. The molecule has 1 fully saturated rings. The molecule has 0 bridgehead atoms. The molecule has 4 rings (SSSR count). The summed E-state index contributed by atoms with van der Waals surface area (Å²) >= 11 is 1.47. The van der Waals surface area contributed by atoms with E-state index < -0.39 is 0 Å². The van der Waals surface area contributed by atoms with Gasteiger partial charge in [0, 0.05) is 42.0 Å².